The van der Waals surface area contributed by atoms with Crippen molar-refractivity contribution < 1.29 is 0 Å². The lowest BCUT2D eigenvalue weighted by atomic mass is 9.83. The van der Waals surface area contributed by atoms with E-state index in [-0.39, 0.29) is 18.0 Å². The van der Waals surface area contributed by atoms with Gasteiger partial charge in [-0.3, -0.25) is 0 Å². The van der Waals surface area contributed by atoms with E-state index < -0.39 is 0 Å². The number of hydrogen-bond acceptors (Lipinski definition) is 4. The number of rotatable bonds is 6. The van der Waals surface area contributed by atoms with Crippen LogP contribution in [0.3, 0.4) is 0 Å². The average Bonchev–Trinajstić information content (AvgIpc) is 3.79. The van der Waals surface area contributed by atoms with Crippen LogP contribution in [0.25, 0.3) is 39.3 Å². The SMILES string of the molecule is C1=CC2C(C=C1C1=CCC3C(=C1)c1ccccc1N3c1ccc(-c3ccccc3)cc1)c1ccccc1N2c1cc(-c2ccccc2)nc(-c2ccccc2)n1. The van der Waals surface area contributed by atoms with Gasteiger partial charge in [0, 0.05) is 45.7 Å². The molecule has 0 saturated carbocycles. The minimum absolute atomic E-state index is 0.0874. The first-order valence-corrected chi connectivity index (χ1v) is 19.5. The zero-order chi connectivity index (χ0) is 37.0. The van der Waals surface area contributed by atoms with Crippen LogP contribution >= 0.6 is 0 Å². The topological polar surface area (TPSA) is 32.3 Å². The van der Waals surface area contributed by atoms with Crippen molar-refractivity contribution in [3.8, 4) is 33.8 Å². The standard InChI is InChI=1S/C52H38N4/c1-4-14-35(15-5-1)36-24-28-41(29-25-36)55-47-22-12-10-20-42(47)44-32-39(26-30-49(44)55)40-27-31-50-45(33-40)43-21-11-13-23-48(43)56(50)51-34-46(37-16-6-2-7-17-37)53-52(54-51)38-18-8-3-9-19-38/h1-29,31-34,45,49-50H,30H2. The van der Waals surface area contributed by atoms with E-state index in [1.54, 1.807) is 0 Å². The van der Waals surface area contributed by atoms with Crippen LogP contribution in [0.4, 0.5) is 22.9 Å². The summed E-state index contributed by atoms with van der Waals surface area (Å²) in [5.74, 6) is 1.81. The fourth-order valence-corrected chi connectivity index (χ4v) is 9.09. The molecule has 56 heavy (non-hydrogen) atoms. The smallest absolute Gasteiger partial charge is 0.162 e. The summed E-state index contributed by atoms with van der Waals surface area (Å²) in [7, 11) is 0. The summed E-state index contributed by atoms with van der Waals surface area (Å²) in [5.41, 5.74) is 15.7. The number of hydrogen-bond donors (Lipinski definition) is 0. The van der Waals surface area contributed by atoms with Crippen LogP contribution in [-0.2, 0) is 0 Å². The maximum Gasteiger partial charge on any atom is 0.162 e. The fourth-order valence-electron chi connectivity index (χ4n) is 9.09. The van der Waals surface area contributed by atoms with Crippen LogP contribution < -0.4 is 9.80 Å². The minimum Gasteiger partial charge on any atom is -0.333 e. The molecule has 0 fully saturated rings. The largest absolute Gasteiger partial charge is 0.333 e. The van der Waals surface area contributed by atoms with Crippen molar-refractivity contribution >= 4 is 28.5 Å². The minimum atomic E-state index is 0.0874. The lowest BCUT2D eigenvalue weighted by molar-refractivity contribution is 0.732. The van der Waals surface area contributed by atoms with Crippen LogP contribution in [-0.4, -0.2) is 22.1 Å². The van der Waals surface area contributed by atoms with Gasteiger partial charge in [0.15, 0.2) is 5.82 Å². The van der Waals surface area contributed by atoms with Crippen molar-refractivity contribution in [2.24, 2.45) is 0 Å². The van der Waals surface area contributed by atoms with Gasteiger partial charge in [0.1, 0.15) is 5.82 Å². The molecular weight excluding hydrogens is 681 g/mol. The quantitative estimate of drug-likeness (QED) is 0.171. The monoisotopic (exact) mass is 718 g/mol. The third-order valence-corrected chi connectivity index (χ3v) is 11.7. The zero-order valence-corrected chi connectivity index (χ0v) is 30.8. The molecule has 7 aromatic rings. The highest BCUT2D eigenvalue weighted by Gasteiger charge is 2.40. The summed E-state index contributed by atoms with van der Waals surface area (Å²) < 4.78 is 0. The molecule has 11 rings (SSSR count). The van der Waals surface area contributed by atoms with Gasteiger partial charge in [0.05, 0.1) is 17.8 Å². The molecule has 0 saturated heterocycles. The molecule has 0 amide bonds. The van der Waals surface area contributed by atoms with Gasteiger partial charge in [-0.05, 0) is 70.2 Å². The average molecular weight is 719 g/mol. The number of allylic oxidation sites excluding steroid dienone is 4. The highest BCUT2D eigenvalue weighted by molar-refractivity contribution is 5.94. The third-order valence-electron chi connectivity index (χ3n) is 11.7. The molecule has 4 heteroatoms. The number of fused-ring (bicyclic) bond motifs is 6. The van der Waals surface area contributed by atoms with Crippen molar-refractivity contribution in [2.45, 2.75) is 24.4 Å². The number of benzene rings is 6. The van der Waals surface area contributed by atoms with E-state index in [1.165, 1.54) is 56.0 Å². The second-order valence-electron chi connectivity index (χ2n) is 14.9. The van der Waals surface area contributed by atoms with E-state index in [0.717, 1.165) is 34.9 Å². The van der Waals surface area contributed by atoms with E-state index in [1.807, 2.05) is 24.3 Å². The Morgan fingerprint density at radius 2 is 1.18 bits per heavy atom. The number of nitrogens with zero attached hydrogens (tertiary/aromatic N) is 4. The maximum atomic E-state index is 5.25. The molecule has 0 spiro atoms. The van der Waals surface area contributed by atoms with Gasteiger partial charge in [0.2, 0.25) is 0 Å². The lowest BCUT2D eigenvalue weighted by Crippen LogP contribution is -2.30. The molecule has 266 valence electrons. The Balaban J connectivity index is 0.939. The third kappa shape index (κ3) is 5.45. The molecule has 0 bridgehead atoms. The van der Waals surface area contributed by atoms with E-state index in [2.05, 4.69) is 186 Å². The second-order valence-corrected chi connectivity index (χ2v) is 14.9. The molecule has 3 heterocycles. The highest BCUT2D eigenvalue weighted by Crippen LogP contribution is 2.52. The molecule has 0 radical (unpaired) electrons. The highest BCUT2D eigenvalue weighted by atomic mass is 15.3. The van der Waals surface area contributed by atoms with Gasteiger partial charge < -0.3 is 9.80 Å². The van der Waals surface area contributed by atoms with Gasteiger partial charge in [0.25, 0.3) is 0 Å². The first-order chi connectivity index (χ1) is 27.8. The van der Waals surface area contributed by atoms with Gasteiger partial charge in [-0.1, -0.05) is 164 Å². The Labute approximate surface area is 327 Å². The van der Waals surface area contributed by atoms with Crippen LogP contribution in [0, 0.1) is 0 Å². The Hall–Kier alpha value is -7.04. The molecular formula is C52H38N4. The molecule has 1 aromatic heterocycles. The molecule has 0 N–H and O–H groups in total. The molecule has 3 atom stereocenters. The molecule has 2 aliphatic carbocycles. The summed E-state index contributed by atoms with van der Waals surface area (Å²) in [5, 5.41) is 0. The molecule has 4 aliphatic rings. The first kappa shape index (κ1) is 32.4. The molecule has 4 nitrogen and oxygen atoms in total. The molecule has 2 aliphatic heterocycles. The van der Waals surface area contributed by atoms with Gasteiger partial charge in [-0.25, -0.2) is 9.97 Å². The Morgan fingerprint density at radius 1 is 0.536 bits per heavy atom. The Bertz CT molecular complexity index is 2670. The van der Waals surface area contributed by atoms with Crippen molar-refractivity contribution in [1.82, 2.24) is 9.97 Å². The predicted molar refractivity (Wildman–Crippen MR) is 230 cm³/mol. The van der Waals surface area contributed by atoms with E-state index in [4.69, 9.17) is 9.97 Å². The Morgan fingerprint density at radius 3 is 1.95 bits per heavy atom. The predicted octanol–water partition coefficient (Wildman–Crippen LogP) is 12.5. The maximum absolute atomic E-state index is 5.25. The zero-order valence-electron chi connectivity index (χ0n) is 30.8. The Kier molecular flexibility index (Phi) is 7.73. The van der Waals surface area contributed by atoms with Crippen LogP contribution in [0.5, 0.6) is 0 Å². The fraction of sp³-hybridized carbons (Fsp3) is 0.0769. The summed E-state index contributed by atoms with van der Waals surface area (Å²) in [4.78, 5) is 15.3. The number of para-hydroxylation sites is 2. The normalized spacial score (nSPS) is 19.0. The van der Waals surface area contributed by atoms with Crippen LogP contribution in [0.2, 0.25) is 0 Å². The first-order valence-electron chi connectivity index (χ1n) is 19.5. The van der Waals surface area contributed by atoms with Crippen LogP contribution in [0.15, 0.2) is 211 Å². The van der Waals surface area contributed by atoms with E-state index in [9.17, 15) is 0 Å². The number of aromatic nitrogens is 2. The molecule has 6 aromatic carbocycles. The van der Waals surface area contributed by atoms with E-state index >= 15 is 0 Å². The van der Waals surface area contributed by atoms with Crippen molar-refractivity contribution in [3.63, 3.8) is 0 Å². The second kappa shape index (κ2) is 13.4. The summed E-state index contributed by atoms with van der Waals surface area (Å²) in [6, 6.07) is 60.6. The van der Waals surface area contributed by atoms with Gasteiger partial charge >= 0.3 is 0 Å². The summed E-state index contributed by atoms with van der Waals surface area (Å²) >= 11 is 0. The number of anilines is 4. The van der Waals surface area contributed by atoms with E-state index in [0.29, 0.717) is 0 Å². The molecule has 3 unspecified atom stereocenters. The van der Waals surface area contributed by atoms with Gasteiger partial charge in [-0.15, -0.1) is 0 Å². The van der Waals surface area contributed by atoms with Crippen molar-refractivity contribution in [3.05, 3.63) is 223 Å². The van der Waals surface area contributed by atoms with Crippen LogP contribution in [0.1, 0.15) is 23.5 Å². The van der Waals surface area contributed by atoms with Gasteiger partial charge in [-0.2, -0.15) is 0 Å². The lowest BCUT2D eigenvalue weighted by Gasteiger charge is -2.31. The summed E-state index contributed by atoms with van der Waals surface area (Å²) in [6.45, 7) is 0. The summed E-state index contributed by atoms with van der Waals surface area (Å²) in [6.07, 6.45) is 13.0. The van der Waals surface area contributed by atoms with Crippen molar-refractivity contribution in [2.75, 3.05) is 9.80 Å². The van der Waals surface area contributed by atoms with Crippen molar-refractivity contribution in [1.29, 1.82) is 0 Å².